The molecule has 0 spiro atoms. The van der Waals surface area contributed by atoms with Crippen molar-refractivity contribution >= 4 is 11.9 Å². The highest BCUT2D eigenvalue weighted by molar-refractivity contribution is 5.98. The van der Waals surface area contributed by atoms with E-state index in [4.69, 9.17) is 4.74 Å². The van der Waals surface area contributed by atoms with Crippen molar-refractivity contribution in [1.29, 1.82) is 0 Å². The highest BCUT2D eigenvalue weighted by atomic mass is 16.6. The number of benzene rings is 1. The van der Waals surface area contributed by atoms with Crippen molar-refractivity contribution in [2.45, 2.75) is 65.3 Å². The number of hydrogen-bond acceptors (Lipinski definition) is 6. The van der Waals surface area contributed by atoms with Crippen molar-refractivity contribution in [1.82, 2.24) is 14.9 Å². The largest absolute Gasteiger partial charge is 0.444 e. The highest BCUT2D eigenvalue weighted by Gasteiger charge is 2.37. The Labute approximate surface area is 178 Å². The molecule has 7 nitrogen and oxygen atoms in total. The van der Waals surface area contributed by atoms with Gasteiger partial charge in [-0.2, -0.15) is 0 Å². The van der Waals surface area contributed by atoms with Crippen LogP contribution in [0, 0.1) is 5.92 Å². The molecule has 7 heteroatoms. The van der Waals surface area contributed by atoms with Gasteiger partial charge in [-0.15, -0.1) is 0 Å². The average Bonchev–Trinajstić information content (AvgIpc) is 2.69. The standard InChI is InChI=1S/C23H31N3O4/c1-16(2)13-19(21(28)20(27)18-14-24-11-12-25-18)26(22(29)30-23(3,4)5)15-17-9-7-6-8-10-17/h6-12,14,16,19,21,28H,13,15H2,1-5H3/t19-,21-/m0/s1. The molecule has 1 heterocycles. The molecule has 30 heavy (non-hydrogen) atoms. The summed E-state index contributed by atoms with van der Waals surface area (Å²) in [6.45, 7) is 9.50. The summed E-state index contributed by atoms with van der Waals surface area (Å²) in [5.41, 5.74) is 0.215. The van der Waals surface area contributed by atoms with Gasteiger partial charge in [0, 0.05) is 18.9 Å². The Hall–Kier alpha value is -2.80. The van der Waals surface area contributed by atoms with Crippen LogP contribution in [0.4, 0.5) is 4.79 Å². The SMILES string of the molecule is CC(C)C[C@@H]([C@H](O)C(=O)c1cnccn1)N(Cc1ccccc1)C(=O)OC(C)(C)C. The number of aliphatic hydroxyl groups excluding tert-OH is 1. The number of aliphatic hydroxyl groups is 1. The number of carbonyl (C=O) groups excluding carboxylic acids is 2. The third kappa shape index (κ3) is 6.91. The first-order valence-corrected chi connectivity index (χ1v) is 10.1. The molecule has 0 aliphatic carbocycles. The summed E-state index contributed by atoms with van der Waals surface area (Å²) in [4.78, 5) is 35.4. The molecule has 2 aromatic rings. The molecule has 0 aliphatic heterocycles. The van der Waals surface area contributed by atoms with E-state index in [1.165, 1.54) is 23.5 Å². The van der Waals surface area contributed by atoms with Crippen LogP contribution in [0.1, 0.15) is 57.1 Å². The zero-order valence-corrected chi connectivity index (χ0v) is 18.3. The fourth-order valence-corrected chi connectivity index (χ4v) is 3.08. The quantitative estimate of drug-likeness (QED) is 0.661. The van der Waals surface area contributed by atoms with Crippen molar-refractivity contribution < 1.29 is 19.4 Å². The molecule has 0 saturated carbocycles. The molecule has 1 amide bonds. The van der Waals surface area contributed by atoms with Gasteiger partial charge in [0.1, 0.15) is 17.4 Å². The van der Waals surface area contributed by atoms with Crippen LogP contribution in [0.15, 0.2) is 48.9 Å². The Balaban J connectivity index is 2.40. The minimum Gasteiger partial charge on any atom is -0.444 e. The van der Waals surface area contributed by atoms with Crippen LogP contribution in [0.25, 0.3) is 0 Å². The van der Waals surface area contributed by atoms with Crippen LogP contribution in [-0.2, 0) is 11.3 Å². The molecule has 162 valence electrons. The van der Waals surface area contributed by atoms with Crippen molar-refractivity contribution in [3.8, 4) is 0 Å². The van der Waals surface area contributed by atoms with Gasteiger partial charge < -0.3 is 9.84 Å². The third-order valence-electron chi connectivity index (χ3n) is 4.39. The van der Waals surface area contributed by atoms with E-state index in [1.807, 2.05) is 44.2 Å². The Bertz CT molecular complexity index is 819. The maximum Gasteiger partial charge on any atom is 0.410 e. The number of aromatic nitrogens is 2. The van der Waals surface area contributed by atoms with E-state index in [2.05, 4.69) is 9.97 Å². The molecule has 0 radical (unpaired) electrons. The minimum atomic E-state index is -1.46. The van der Waals surface area contributed by atoms with Gasteiger partial charge in [-0.25, -0.2) is 9.78 Å². The first kappa shape index (κ1) is 23.5. The lowest BCUT2D eigenvalue weighted by Crippen LogP contribution is -2.51. The Kier molecular flexibility index (Phi) is 8.06. The lowest BCUT2D eigenvalue weighted by atomic mass is 9.94. The number of rotatable bonds is 8. The number of ketones is 1. The number of hydrogen-bond donors (Lipinski definition) is 1. The molecular formula is C23H31N3O4. The molecule has 2 rings (SSSR count). The molecular weight excluding hydrogens is 382 g/mol. The summed E-state index contributed by atoms with van der Waals surface area (Å²) in [5.74, 6) is -0.449. The first-order valence-electron chi connectivity index (χ1n) is 10.1. The van der Waals surface area contributed by atoms with Crippen molar-refractivity contribution in [2.24, 2.45) is 5.92 Å². The summed E-state index contributed by atoms with van der Waals surface area (Å²) in [5, 5.41) is 11.0. The molecule has 0 fully saturated rings. The van der Waals surface area contributed by atoms with Crippen LogP contribution in [-0.4, -0.2) is 49.6 Å². The molecule has 0 unspecified atom stereocenters. The van der Waals surface area contributed by atoms with E-state index in [1.54, 1.807) is 20.8 Å². The second-order valence-electron chi connectivity index (χ2n) is 8.69. The lowest BCUT2D eigenvalue weighted by Gasteiger charge is -2.36. The minimum absolute atomic E-state index is 0.0580. The highest BCUT2D eigenvalue weighted by Crippen LogP contribution is 2.23. The molecule has 0 saturated heterocycles. The number of Topliss-reactive ketones (excluding diaryl/α,β-unsaturated/α-hetero) is 1. The Morgan fingerprint density at radius 2 is 1.80 bits per heavy atom. The van der Waals surface area contributed by atoms with Gasteiger partial charge in [0.05, 0.1) is 12.2 Å². The van der Waals surface area contributed by atoms with Gasteiger partial charge in [0.15, 0.2) is 0 Å². The monoisotopic (exact) mass is 413 g/mol. The molecule has 0 aliphatic rings. The number of carbonyl (C=O) groups is 2. The van der Waals surface area contributed by atoms with Gasteiger partial charge in [-0.3, -0.25) is 14.7 Å². The summed E-state index contributed by atoms with van der Waals surface area (Å²) >= 11 is 0. The summed E-state index contributed by atoms with van der Waals surface area (Å²) in [6.07, 6.45) is 2.54. The summed E-state index contributed by atoms with van der Waals surface area (Å²) < 4.78 is 5.61. The number of amides is 1. The van der Waals surface area contributed by atoms with E-state index < -0.39 is 29.6 Å². The van der Waals surface area contributed by atoms with Gasteiger partial charge in [-0.1, -0.05) is 44.2 Å². The van der Waals surface area contributed by atoms with Gasteiger partial charge >= 0.3 is 6.09 Å². The van der Waals surface area contributed by atoms with Crippen LogP contribution >= 0.6 is 0 Å². The third-order valence-corrected chi connectivity index (χ3v) is 4.39. The second kappa shape index (κ2) is 10.3. The molecule has 1 aromatic carbocycles. The molecule has 1 aromatic heterocycles. The van der Waals surface area contributed by atoms with Crippen molar-refractivity contribution in [3.63, 3.8) is 0 Å². The van der Waals surface area contributed by atoms with Crippen molar-refractivity contribution in [3.05, 3.63) is 60.2 Å². The van der Waals surface area contributed by atoms with Gasteiger partial charge in [0.25, 0.3) is 0 Å². The fraction of sp³-hybridized carbons (Fsp3) is 0.478. The van der Waals surface area contributed by atoms with Gasteiger partial charge in [-0.05, 0) is 38.7 Å². The van der Waals surface area contributed by atoms with Crippen LogP contribution in [0.2, 0.25) is 0 Å². The molecule has 0 bridgehead atoms. The van der Waals surface area contributed by atoms with Gasteiger partial charge in [0.2, 0.25) is 5.78 Å². The number of nitrogens with zero attached hydrogens (tertiary/aromatic N) is 3. The maximum absolute atomic E-state index is 13.1. The van der Waals surface area contributed by atoms with E-state index in [-0.39, 0.29) is 18.2 Å². The molecule has 2 atom stereocenters. The van der Waals surface area contributed by atoms with E-state index in [0.29, 0.717) is 6.42 Å². The zero-order chi connectivity index (χ0) is 22.3. The van der Waals surface area contributed by atoms with E-state index in [9.17, 15) is 14.7 Å². The van der Waals surface area contributed by atoms with E-state index in [0.717, 1.165) is 5.56 Å². The Morgan fingerprint density at radius 1 is 1.13 bits per heavy atom. The normalized spacial score (nSPS) is 13.6. The predicted octanol–water partition coefficient (Wildman–Crippen LogP) is 3.87. The van der Waals surface area contributed by atoms with E-state index >= 15 is 0 Å². The van der Waals surface area contributed by atoms with Crippen LogP contribution in [0.3, 0.4) is 0 Å². The first-order chi connectivity index (χ1) is 14.1. The second-order valence-corrected chi connectivity index (χ2v) is 8.69. The van der Waals surface area contributed by atoms with Crippen LogP contribution < -0.4 is 0 Å². The predicted molar refractivity (Wildman–Crippen MR) is 114 cm³/mol. The maximum atomic E-state index is 13.1. The zero-order valence-electron chi connectivity index (χ0n) is 18.3. The fourth-order valence-electron chi connectivity index (χ4n) is 3.08. The average molecular weight is 414 g/mol. The number of ether oxygens (including phenoxy) is 1. The molecule has 1 N–H and O–H groups in total. The smallest absolute Gasteiger partial charge is 0.410 e. The summed E-state index contributed by atoms with van der Waals surface area (Å²) in [7, 11) is 0. The topological polar surface area (TPSA) is 92.6 Å². The lowest BCUT2D eigenvalue weighted by molar-refractivity contribution is -0.00915. The Morgan fingerprint density at radius 3 is 2.33 bits per heavy atom. The summed E-state index contributed by atoms with van der Waals surface area (Å²) in [6, 6.07) is 8.64. The van der Waals surface area contributed by atoms with Crippen LogP contribution in [0.5, 0.6) is 0 Å². The van der Waals surface area contributed by atoms with Crippen molar-refractivity contribution in [2.75, 3.05) is 0 Å².